The first-order valence-electron chi connectivity index (χ1n) is 9.10. The van der Waals surface area contributed by atoms with Crippen LogP contribution in [0.5, 0.6) is 0 Å². The van der Waals surface area contributed by atoms with Crippen molar-refractivity contribution in [3.05, 3.63) is 54.1 Å². The van der Waals surface area contributed by atoms with E-state index in [4.69, 9.17) is 0 Å². The fourth-order valence-corrected chi connectivity index (χ4v) is 2.77. The van der Waals surface area contributed by atoms with E-state index in [1.54, 1.807) is 36.4 Å². The highest BCUT2D eigenvalue weighted by Gasteiger charge is 2.15. The second-order valence-corrected chi connectivity index (χ2v) is 6.03. The van der Waals surface area contributed by atoms with Gasteiger partial charge < -0.3 is 20.3 Å². The number of nitrogens with zero attached hydrogens (tertiary/aromatic N) is 1. The van der Waals surface area contributed by atoms with Crippen molar-refractivity contribution in [1.29, 1.82) is 0 Å². The molecule has 0 radical (unpaired) electrons. The lowest BCUT2D eigenvalue weighted by molar-refractivity contribution is -0.123. The molecule has 148 valence electrons. The van der Waals surface area contributed by atoms with Crippen molar-refractivity contribution in [2.24, 2.45) is 0 Å². The van der Waals surface area contributed by atoms with Crippen molar-refractivity contribution in [1.82, 2.24) is 0 Å². The van der Waals surface area contributed by atoms with Crippen LogP contribution < -0.4 is 15.5 Å². The van der Waals surface area contributed by atoms with Crippen LogP contribution in [0.25, 0.3) is 0 Å². The predicted molar refractivity (Wildman–Crippen MR) is 110 cm³/mol. The van der Waals surface area contributed by atoms with Gasteiger partial charge in [-0.1, -0.05) is 12.1 Å². The van der Waals surface area contributed by atoms with Gasteiger partial charge in [0.15, 0.2) is 0 Å². The SMILES string of the molecule is CCN(CC)c1ccc(NC(=O)CC(=O)Nc2ccccc2C(=O)OC)cc1. The minimum atomic E-state index is -0.561. The average Bonchev–Trinajstić information content (AvgIpc) is 2.69. The van der Waals surface area contributed by atoms with E-state index in [9.17, 15) is 14.4 Å². The minimum absolute atomic E-state index is 0.228. The molecule has 0 bridgehead atoms. The van der Waals surface area contributed by atoms with Crippen LogP contribution in [0.15, 0.2) is 48.5 Å². The Kier molecular flexibility index (Phi) is 7.56. The zero-order chi connectivity index (χ0) is 20.5. The fraction of sp³-hybridized carbons (Fsp3) is 0.286. The molecule has 2 amide bonds. The number of anilines is 3. The number of hydrogen-bond acceptors (Lipinski definition) is 5. The summed E-state index contributed by atoms with van der Waals surface area (Å²) < 4.78 is 4.69. The van der Waals surface area contributed by atoms with Gasteiger partial charge in [0.1, 0.15) is 6.42 Å². The lowest BCUT2D eigenvalue weighted by Crippen LogP contribution is -2.23. The Morgan fingerprint density at radius 3 is 2.11 bits per heavy atom. The van der Waals surface area contributed by atoms with Gasteiger partial charge in [-0.15, -0.1) is 0 Å². The first-order valence-corrected chi connectivity index (χ1v) is 9.10. The number of carbonyl (C=O) groups is 3. The Bertz CT molecular complexity index is 830. The third-order valence-corrected chi connectivity index (χ3v) is 4.21. The monoisotopic (exact) mass is 383 g/mol. The van der Waals surface area contributed by atoms with E-state index in [2.05, 4.69) is 34.1 Å². The van der Waals surface area contributed by atoms with Crippen LogP contribution in [0.1, 0.15) is 30.6 Å². The predicted octanol–water partition coefficient (Wildman–Crippen LogP) is 3.29. The molecule has 2 N–H and O–H groups in total. The highest BCUT2D eigenvalue weighted by Crippen LogP contribution is 2.18. The Morgan fingerprint density at radius 1 is 0.893 bits per heavy atom. The van der Waals surface area contributed by atoms with Crippen LogP contribution in [0.2, 0.25) is 0 Å². The van der Waals surface area contributed by atoms with Crippen LogP contribution in [0.4, 0.5) is 17.1 Å². The fourth-order valence-electron chi connectivity index (χ4n) is 2.77. The number of amides is 2. The molecule has 0 atom stereocenters. The molecular weight excluding hydrogens is 358 g/mol. The Labute approximate surface area is 164 Å². The molecule has 2 aromatic carbocycles. The molecular formula is C21H25N3O4. The van der Waals surface area contributed by atoms with E-state index in [-0.39, 0.29) is 12.0 Å². The molecule has 0 spiro atoms. The number of nitrogens with one attached hydrogen (secondary N) is 2. The summed E-state index contributed by atoms with van der Waals surface area (Å²) in [5.74, 6) is -1.52. The van der Waals surface area contributed by atoms with Gasteiger partial charge in [0.05, 0.1) is 18.4 Å². The number of esters is 1. The number of para-hydroxylation sites is 1. The van der Waals surface area contributed by atoms with E-state index < -0.39 is 17.8 Å². The topological polar surface area (TPSA) is 87.7 Å². The first-order chi connectivity index (χ1) is 13.5. The van der Waals surface area contributed by atoms with Crippen molar-refractivity contribution in [3.8, 4) is 0 Å². The molecule has 0 aliphatic carbocycles. The normalized spacial score (nSPS) is 10.1. The number of carbonyl (C=O) groups excluding carboxylic acids is 3. The van der Waals surface area contributed by atoms with Crippen molar-refractivity contribution < 1.29 is 19.1 Å². The van der Waals surface area contributed by atoms with Gasteiger partial charge in [0, 0.05) is 24.5 Å². The second-order valence-electron chi connectivity index (χ2n) is 6.03. The summed E-state index contributed by atoms with van der Waals surface area (Å²) in [6.07, 6.45) is -0.368. The van der Waals surface area contributed by atoms with Crippen molar-refractivity contribution >= 4 is 34.8 Å². The maximum Gasteiger partial charge on any atom is 0.339 e. The highest BCUT2D eigenvalue weighted by molar-refractivity contribution is 6.10. The van der Waals surface area contributed by atoms with Crippen LogP contribution >= 0.6 is 0 Å². The number of methoxy groups -OCH3 is 1. The van der Waals surface area contributed by atoms with E-state index in [1.165, 1.54) is 7.11 Å². The molecule has 0 aliphatic rings. The van der Waals surface area contributed by atoms with Gasteiger partial charge in [-0.05, 0) is 50.2 Å². The quantitative estimate of drug-likeness (QED) is 0.539. The Balaban J connectivity index is 1.95. The van der Waals surface area contributed by atoms with Gasteiger partial charge in [-0.25, -0.2) is 4.79 Å². The van der Waals surface area contributed by atoms with Gasteiger partial charge in [-0.3, -0.25) is 9.59 Å². The number of hydrogen-bond donors (Lipinski definition) is 2. The molecule has 0 aliphatic heterocycles. The molecule has 2 rings (SSSR count). The average molecular weight is 383 g/mol. The summed E-state index contributed by atoms with van der Waals surface area (Å²) in [6.45, 7) is 5.96. The van der Waals surface area contributed by atoms with E-state index in [0.29, 0.717) is 11.4 Å². The Hall–Kier alpha value is -3.35. The lowest BCUT2D eigenvalue weighted by Gasteiger charge is -2.21. The van der Waals surface area contributed by atoms with E-state index in [1.807, 2.05) is 12.1 Å². The number of rotatable bonds is 8. The van der Waals surface area contributed by atoms with Gasteiger partial charge >= 0.3 is 5.97 Å². The van der Waals surface area contributed by atoms with Gasteiger partial charge in [0.25, 0.3) is 0 Å². The highest BCUT2D eigenvalue weighted by atomic mass is 16.5. The zero-order valence-electron chi connectivity index (χ0n) is 16.3. The van der Waals surface area contributed by atoms with E-state index in [0.717, 1.165) is 18.8 Å². The van der Waals surface area contributed by atoms with Gasteiger partial charge in [0.2, 0.25) is 11.8 Å². The number of ether oxygens (including phenoxy) is 1. The molecule has 0 unspecified atom stereocenters. The lowest BCUT2D eigenvalue weighted by atomic mass is 10.1. The van der Waals surface area contributed by atoms with Crippen molar-refractivity contribution in [2.45, 2.75) is 20.3 Å². The van der Waals surface area contributed by atoms with Crippen LogP contribution in [0, 0.1) is 0 Å². The maximum absolute atomic E-state index is 12.2. The van der Waals surface area contributed by atoms with Crippen LogP contribution in [-0.2, 0) is 14.3 Å². The maximum atomic E-state index is 12.2. The number of benzene rings is 2. The molecule has 0 saturated carbocycles. The Morgan fingerprint density at radius 2 is 1.50 bits per heavy atom. The molecule has 7 heteroatoms. The summed E-state index contributed by atoms with van der Waals surface area (Å²) in [6, 6.07) is 13.9. The minimum Gasteiger partial charge on any atom is -0.465 e. The molecule has 0 aromatic heterocycles. The third-order valence-electron chi connectivity index (χ3n) is 4.21. The zero-order valence-corrected chi connectivity index (χ0v) is 16.3. The first kappa shape index (κ1) is 21.0. The summed E-state index contributed by atoms with van der Waals surface area (Å²) in [5.41, 5.74) is 2.21. The van der Waals surface area contributed by atoms with Crippen molar-refractivity contribution in [3.63, 3.8) is 0 Å². The largest absolute Gasteiger partial charge is 0.465 e. The van der Waals surface area contributed by atoms with Crippen LogP contribution in [0.3, 0.4) is 0 Å². The smallest absolute Gasteiger partial charge is 0.339 e. The van der Waals surface area contributed by atoms with Gasteiger partial charge in [-0.2, -0.15) is 0 Å². The van der Waals surface area contributed by atoms with Crippen LogP contribution in [-0.4, -0.2) is 38.0 Å². The standard InChI is InChI=1S/C21H25N3O4/c1-4-24(5-2)16-12-10-15(11-13-16)22-19(25)14-20(26)23-18-9-7-6-8-17(18)21(27)28-3/h6-13H,4-5,14H2,1-3H3,(H,22,25)(H,23,26). The molecule has 0 heterocycles. The molecule has 0 fully saturated rings. The molecule has 28 heavy (non-hydrogen) atoms. The molecule has 7 nitrogen and oxygen atoms in total. The summed E-state index contributed by atoms with van der Waals surface area (Å²) in [5, 5.41) is 5.27. The summed E-state index contributed by atoms with van der Waals surface area (Å²) in [4.78, 5) is 38.2. The molecule has 2 aromatic rings. The summed E-state index contributed by atoms with van der Waals surface area (Å²) >= 11 is 0. The molecule has 0 saturated heterocycles. The van der Waals surface area contributed by atoms with E-state index >= 15 is 0 Å². The van der Waals surface area contributed by atoms with Crippen molar-refractivity contribution in [2.75, 3.05) is 35.7 Å². The second kappa shape index (κ2) is 10.1. The summed E-state index contributed by atoms with van der Waals surface area (Å²) in [7, 11) is 1.26. The third kappa shape index (κ3) is 5.57.